The lowest BCUT2D eigenvalue weighted by Gasteiger charge is -2.30. The van der Waals surface area contributed by atoms with Crippen LogP contribution in [0.4, 0.5) is 10.1 Å². The molecule has 3 rings (SSSR count). The van der Waals surface area contributed by atoms with E-state index in [1.165, 1.54) is 30.5 Å². The Balaban J connectivity index is 1.66. The Kier molecular flexibility index (Phi) is 4.69. The topological polar surface area (TPSA) is 46.3 Å². The number of nitrogen functional groups attached to an aromatic ring is 1. The number of anilines is 1. The van der Waals surface area contributed by atoms with E-state index in [4.69, 9.17) is 5.73 Å². The molecule has 23 heavy (non-hydrogen) atoms. The molecule has 0 spiro atoms. The molecule has 2 fully saturated rings. The highest BCUT2D eigenvalue weighted by atomic mass is 19.1. The number of nitrogens with two attached hydrogens (primary N) is 1. The molecule has 0 unspecified atom stereocenters. The monoisotopic (exact) mass is 316 g/mol. The zero-order chi connectivity index (χ0) is 16.4. The van der Waals surface area contributed by atoms with Crippen LogP contribution in [-0.4, -0.2) is 23.9 Å². The zero-order valence-electron chi connectivity index (χ0n) is 13.8. The molecule has 124 valence electrons. The minimum absolute atomic E-state index is 0.255. The number of halogens is 1. The highest BCUT2D eigenvalue weighted by Crippen LogP contribution is 2.29. The van der Waals surface area contributed by atoms with Gasteiger partial charge < -0.3 is 10.6 Å². The Hall–Kier alpha value is -1.84. The first-order valence-corrected chi connectivity index (χ1v) is 8.58. The van der Waals surface area contributed by atoms with Gasteiger partial charge in [0.1, 0.15) is 5.82 Å². The van der Waals surface area contributed by atoms with Crippen molar-refractivity contribution in [2.45, 2.75) is 45.4 Å². The minimum Gasteiger partial charge on any atom is -0.398 e. The Morgan fingerprint density at radius 2 is 1.91 bits per heavy atom. The molecule has 1 aliphatic heterocycles. The molecule has 4 heteroatoms. The predicted octanol–water partition coefficient (Wildman–Crippen LogP) is 3.91. The van der Waals surface area contributed by atoms with E-state index in [0.717, 1.165) is 49.9 Å². The molecule has 2 N–H and O–H groups in total. The quantitative estimate of drug-likeness (QED) is 0.841. The van der Waals surface area contributed by atoms with Crippen molar-refractivity contribution in [3.8, 4) is 0 Å². The second kappa shape index (κ2) is 6.73. The number of carbonyl (C=O) groups is 1. The number of nitrogens with zero attached hydrogens (tertiary/aromatic N) is 1. The van der Waals surface area contributed by atoms with Crippen molar-refractivity contribution in [3.05, 3.63) is 34.6 Å². The molecule has 1 saturated heterocycles. The van der Waals surface area contributed by atoms with Gasteiger partial charge in [0.25, 0.3) is 0 Å². The van der Waals surface area contributed by atoms with Gasteiger partial charge >= 0.3 is 0 Å². The number of amides is 1. The molecule has 1 aromatic carbocycles. The summed E-state index contributed by atoms with van der Waals surface area (Å²) in [6, 6.07) is 2.90. The number of hydrogen-bond donors (Lipinski definition) is 1. The highest BCUT2D eigenvalue weighted by molar-refractivity contribution is 5.79. The molecular weight excluding hydrogens is 291 g/mol. The molecule has 1 heterocycles. The van der Waals surface area contributed by atoms with Crippen molar-refractivity contribution in [2.24, 2.45) is 5.92 Å². The number of likely N-dealkylation sites (tertiary alicyclic amines) is 1. The molecule has 2 aliphatic rings. The van der Waals surface area contributed by atoms with Crippen molar-refractivity contribution in [2.75, 3.05) is 18.8 Å². The summed E-state index contributed by atoms with van der Waals surface area (Å²) in [5.41, 5.74) is 9.37. The zero-order valence-corrected chi connectivity index (χ0v) is 13.8. The second-order valence-corrected chi connectivity index (χ2v) is 6.82. The van der Waals surface area contributed by atoms with Crippen molar-refractivity contribution in [3.63, 3.8) is 0 Å². The molecule has 1 aliphatic carbocycles. The van der Waals surface area contributed by atoms with Crippen molar-refractivity contribution in [1.82, 2.24) is 4.90 Å². The van der Waals surface area contributed by atoms with E-state index < -0.39 is 0 Å². The van der Waals surface area contributed by atoms with Crippen LogP contribution in [0.1, 0.15) is 49.7 Å². The maximum Gasteiger partial charge on any atom is 0.225 e. The van der Waals surface area contributed by atoms with E-state index in [1.54, 1.807) is 0 Å². The standard InChI is InChI=1S/C19H25FN2O/c1-13-16(11-17(20)12-18(13)21)10-14-6-8-22(9-7-14)19(23)15-4-2-3-5-15/h10-12,15H,2-9,21H2,1H3. The lowest BCUT2D eigenvalue weighted by atomic mass is 9.97. The van der Waals surface area contributed by atoms with Gasteiger partial charge in [0, 0.05) is 24.7 Å². The fraction of sp³-hybridized carbons (Fsp3) is 0.526. The van der Waals surface area contributed by atoms with Gasteiger partial charge in [-0.25, -0.2) is 4.39 Å². The maximum absolute atomic E-state index is 13.5. The summed E-state index contributed by atoms with van der Waals surface area (Å²) in [6.07, 6.45) is 8.28. The first kappa shape index (κ1) is 16.0. The lowest BCUT2D eigenvalue weighted by Crippen LogP contribution is -2.39. The van der Waals surface area contributed by atoms with Crippen LogP contribution >= 0.6 is 0 Å². The largest absolute Gasteiger partial charge is 0.398 e. The van der Waals surface area contributed by atoms with Crippen LogP contribution in [0.3, 0.4) is 0 Å². The Bertz CT molecular complexity index is 623. The van der Waals surface area contributed by atoms with Crippen molar-refractivity contribution < 1.29 is 9.18 Å². The first-order valence-electron chi connectivity index (χ1n) is 8.58. The van der Waals surface area contributed by atoms with Gasteiger partial charge in [-0.3, -0.25) is 4.79 Å². The van der Waals surface area contributed by atoms with E-state index in [1.807, 2.05) is 17.9 Å². The molecule has 1 aromatic rings. The molecule has 0 aromatic heterocycles. The molecule has 1 amide bonds. The highest BCUT2D eigenvalue weighted by Gasteiger charge is 2.28. The average Bonchev–Trinajstić information content (AvgIpc) is 3.06. The van der Waals surface area contributed by atoms with E-state index in [9.17, 15) is 9.18 Å². The van der Waals surface area contributed by atoms with E-state index in [-0.39, 0.29) is 11.7 Å². The van der Waals surface area contributed by atoms with Crippen molar-refractivity contribution >= 4 is 17.7 Å². The minimum atomic E-state index is -0.297. The van der Waals surface area contributed by atoms with E-state index in [2.05, 4.69) is 0 Å². The van der Waals surface area contributed by atoms with Gasteiger partial charge in [0.15, 0.2) is 0 Å². The van der Waals surface area contributed by atoms with Crippen LogP contribution in [0.15, 0.2) is 17.7 Å². The molecule has 0 bridgehead atoms. The number of benzene rings is 1. The van der Waals surface area contributed by atoms with Gasteiger partial charge in [-0.2, -0.15) is 0 Å². The summed E-state index contributed by atoms with van der Waals surface area (Å²) in [4.78, 5) is 14.5. The van der Waals surface area contributed by atoms with Crippen LogP contribution in [-0.2, 0) is 4.79 Å². The van der Waals surface area contributed by atoms with Crippen molar-refractivity contribution in [1.29, 1.82) is 0 Å². The van der Waals surface area contributed by atoms with Crippen LogP contribution in [0.2, 0.25) is 0 Å². The maximum atomic E-state index is 13.5. The van der Waals surface area contributed by atoms with E-state index >= 15 is 0 Å². The molecule has 3 nitrogen and oxygen atoms in total. The van der Waals surface area contributed by atoms with Gasteiger partial charge in [0.05, 0.1) is 0 Å². The number of rotatable bonds is 2. The summed E-state index contributed by atoms with van der Waals surface area (Å²) in [6.45, 7) is 3.48. The summed E-state index contributed by atoms with van der Waals surface area (Å²) >= 11 is 0. The van der Waals surface area contributed by atoms with Gasteiger partial charge in [-0.1, -0.05) is 24.5 Å². The van der Waals surface area contributed by atoms with Crippen LogP contribution in [0.25, 0.3) is 6.08 Å². The van der Waals surface area contributed by atoms with Gasteiger partial charge in [-0.15, -0.1) is 0 Å². The normalized spacial score (nSPS) is 19.2. The lowest BCUT2D eigenvalue weighted by molar-refractivity contribution is -0.135. The van der Waals surface area contributed by atoms with Crippen LogP contribution in [0, 0.1) is 18.7 Å². The summed E-state index contributed by atoms with van der Waals surface area (Å²) < 4.78 is 13.5. The molecular formula is C19H25FN2O. The third-order valence-corrected chi connectivity index (χ3v) is 5.23. The Labute approximate surface area is 137 Å². The Morgan fingerprint density at radius 1 is 1.26 bits per heavy atom. The number of piperidine rings is 1. The average molecular weight is 316 g/mol. The number of carbonyl (C=O) groups excluding carboxylic acids is 1. The number of hydrogen-bond acceptors (Lipinski definition) is 2. The summed E-state index contributed by atoms with van der Waals surface area (Å²) in [7, 11) is 0. The third kappa shape index (κ3) is 3.57. The smallest absolute Gasteiger partial charge is 0.225 e. The summed E-state index contributed by atoms with van der Waals surface area (Å²) in [5, 5.41) is 0. The fourth-order valence-corrected chi connectivity index (χ4v) is 3.68. The van der Waals surface area contributed by atoms with Gasteiger partial charge in [-0.05, 0) is 55.9 Å². The summed E-state index contributed by atoms with van der Waals surface area (Å²) in [5.74, 6) is 0.298. The fourth-order valence-electron chi connectivity index (χ4n) is 3.68. The van der Waals surface area contributed by atoms with Gasteiger partial charge in [0.2, 0.25) is 5.91 Å². The SMILES string of the molecule is Cc1c(N)cc(F)cc1C=C1CCN(C(=O)C2CCCC2)CC1. The molecule has 0 atom stereocenters. The third-order valence-electron chi connectivity index (χ3n) is 5.23. The van der Waals surface area contributed by atoms with E-state index in [0.29, 0.717) is 11.6 Å². The molecule has 1 saturated carbocycles. The first-order chi connectivity index (χ1) is 11.0. The second-order valence-electron chi connectivity index (χ2n) is 6.82. The molecule has 0 radical (unpaired) electrons. The van der Waals surface area contributed by atoms with Crippen LogP contribution in [0.5, 0.6) is 0 Å². The van der Waals surface area contributed by atoms with Crippen LogP contribution < -0.4 is 5.73 Å². The predicted molar refractivity (Wildman–Crippen MR) is 91.3 cm³/mol. The Morgan fingerprint density at radius 3 is 2.57 bits per heavy atom.